The number of hydrogen-bond acceptors (Lipinski definition) is 8. The third-order valence-corrected chi connectivity index (χ3v) is 5.50. The molecule has 0 radical (unpaired) electrons. The van der Waals surface area contributed by atoms with Crippen LogP contribution in [0.5, 0.6) is 5.88 Å². The van der Waals surface area contributed by atoms with Crippen LogP contribution >= 0.6 is 0 Å². The van der Waals surface area contributed by atoms with Crippen molar-refractivity contribution in [1.82, 2.24) is 15.1 Å². The summed E-state index contributed by atoms with van der Waals surface area (Å²) in [5.74, 6) is -1.89. The molecule has 2 heterocycles. The third-order valence-electron chi connectivity index (χ3n) is 5.50. The zero-order valence-electron chi connectivity index (χ0n) is 19.4. The number of nitrogens with zero attached hydrogens (tertiary/aromatic N) is 3. The molecule has 5 N–H and O–H groups in total. The maximum absolute atomic E-state index is 14.3. The molecule has 2 aromatic carbocycles. The Hall–Kier alpha value is -4.45. The second-order valence-corrected chi connectivity index (χ2v) is 8.20. The fourth-order valence-corrected chi connectivity index (χ4v) is 3.71. The van der Waals surface area contributed by atoms with E-state index >= 15 is 0 Å². The topological polar surface area (TPSA) is 150 Å². The summed E-state index contributed by atoms with van der Waals surface area (Å²) in [5.41, 5.74) is 12.9. The van der Waals surface area contributed by atoms with Gasteiger partial charge in [-0.15, -0.1) is 0 Å². The van der Waals surface area contributed by atoms with Crippen molar-refractivity contribution in [3.8, 4) is 28.4 Å². The predicted molar refractivity (Wildman–Crippen MR) is 127 cm³/mol. The van der Waals surface area contributed by atoms with Crippen LogP contribution in [0.1, 0.15) is 23.0 Å². The van der Waals surface area contributed by atoms with Gasteiger partial charge in [-0.3, -0.25) is 4.79 Å². The number of nitrogens with two attached hydrogens (primary N) is 2. The van der Waals surface area contributed by atoms with Crippen LogP contribution in [0.15, 0.2) is 65.2 Å². The molecule has 192 valence electrons. The molecule has 2 aromatic heterocycles. The minimum atomic E-state index is -4.84. The first-order valence-corrected chi connectivity index (χ1v) is 11.0. The fraction of sp³-hybridized carbons (Fsp3) is 0.200. The van der Waals surface area contributed by atoms with Crippen LogP contribution in [-0.2, 0) is 11.2 Å². The average molecular weight is 513 g/mol. The average Bonchev–Trinajstić information content (AvgIpc) is 3.23. The van der Waals surface area contributed by atoms with E-state index in [1.54, 1.807) is 54.6 Å². The van der Waals surface area contributed by atoms with Gasteiger partial charge in [-0.2, -0.15) is 18.2 Å². The molecule has 0 bridgehead atoms. The lowest BCUT2D eigenvalue weighted by Gasteiger charge is -2.22. The maximum atomic E-state index is 14.3. The molecule has 1 unspecified atom stereocenters. The molecule has 0 fully saturated rings. The number of anilines is 1. The zero-order valence-corrected chi connectivity index (χ0v) is 19.4. The number of halogens is 3. The van der Waals surface area contributed by atoms with Gasteiger partial charge in [0.25, 0.3) is 0 Å². The number of hydrogen-bond donors (Lipinski definition) is 3. The first kappa shape index (κ1) is 25.6. The van der Waals surface area contributed by atoms with Gasteiger partial charge >= 0.3 is 12.1 Å². The van der Waals surface area contributed by atoms with Crippen LogP contribution in [0.3, 0.4) is 0 Å². The Morgan fingerprint density at radius 3 is 2.38 bits per heavy atom. The number of aryl methyl sites for hydroxylation is 1. The molecule has 12 heteroatoms. The van der Waals surface area contributed by atoms with Crippen molar-refractivity contribution in [2.45, 2.75) is 31.7 Å². The lowest BCUT2D eigenvalue weighted by molar-refractivity contribution is -0.198. The predicted octanol–water partition coefficient (Wildman–Crippen LogP) is 4.33. The van der Waals surface area contributed by atoms with E-state index in [2.05, 4.69) is 15.1 Å². The monoisotopic (exact) mass is 513 g/mol. The second kappa shape index (κ2) is 10.3. The highest BCUT2D eigenvalue weighted by Crippen LogP contribution is 2.42. The molecule has 0 spiro atoms. The van der Waals surface area contributed by atoms with Crippen molar-refractivity contribution in [1.29, 1.82) is 0 Å². The van der Waals surface area contributed by atoms with E-state index in [0.29, 0.717) is 16.7 Å². The van der Waals surface area contributed by atoms with Crippen LogP contribution in [-0.4, -0.2) is 38.4 Å². The smallest absolute Gasteiger partial charge is 0.430 e. The standard InChI is InChI=1S/C25H22F3N5O4/c1-13-20(21(33-37-13)16-5-3-2-4-6-16)22(25(26,27)28)36-19-12-18(31-24(30)32-19)15-9-7-14(8-10-15)11-17(29)23(34)35/h2-10,12,17,22H,11,29H2,1H3,(H,34,35)(H2,30,31,32)/t17-,22?/m0/s1. The summed E-state index contributed by atoms with van der Waals surface area (Å²) in [7, 11) is 0. The molecule has 0 aliphatic rings. The van der Waals surface area contributed by atoms with E-state index in [0.717, 1.165) is 0 Å². The minimum absolute atomic E-state index is 0.00201. The van der Waals surface area contributed by atoms with E-state index < -0.39 is 30.2 Å². The Kier molecular flexibility index (Phi) is 7.11. The van der Waals surface area contributed by atoms with Gasteiger partial charge in [0.15, 0.2) is 0 Å². The lowest BCUT2D eigenvalue weighted by atomic mass is 10.0. The highest BCUT2D eigenvalue weighted by Gasteiger charge is 2.47. The number of rotatable bonds is 8. The highest BCUT2D eigenvalue weighted by molar-refractivity contribution is 5.73. The van der Waals surface area contributed by atoms with Gasteiger partial charge in [0.05, 0.1) is 11.3 Å². The fourth-order valence-electron chi connectivity index (χ4n) is 3.71. The molecular weight excluding hydrogens is 491 g/mol. The van der Waals surface area contributed by atoms with Crippen LogP contribution < -0.4 is 16.2 Å². The Labute approximate surface area is 208 Å². The molecule has 2 atom stereocenters. The van der Waals surface area contributed by atoms with Gasteiger partial charge in [0.1, 0.15) is 17.5 Å². The minimum Gasteiger partial charge on any atom is -0.480 e. The van der Waals surface area contributed by atoms with E-state index in [-0.39, 0.29) is 35.1 Å². The van der Waals surface area contributed by atoms with E-state index in [4.69, 9.17) is 25.8 Å². The van der Waals surface area contributed by atoms with Crippen LogP contribution in [0, 0.1) is 6.92 Å². The summed E-state index contributed by atoms with van der Waals surface area (Å²) in [5, 5.41) is 12.8. The molecular formula is C25H22F3N5O4. The molecule has 0 amide bonds. The van der Waals surface area contributed by atoms with Crippen molar-refractivity contribution >= 4 is 11.9 Å². The number of aliphatic carboxylic acids is 1. The SMILES string of the molecule is Cc1onc(-c2ccccc2)c1C(Oc1cc(-c2ccc(C[C@H](N)C(=O)O)cc2)nc(N)n1)C(F)(F)F. The van der Waals surface area contributed by atoms with Crippen molar-refractivity contribution in [3.05, 3.63) is 77.6 Å². The van der Waals surface area contributed by atoms with E-state index in [9.17, 15) is 18.0 Å². The zero-order chi connectivity index (χ0) is 26.7. The van der Waals surface area contributed by atoms with Gasteiger partial charge in [0, 0.05) is 17.2 Å². The normalized spacial score (nSPS) is 13.2. The lowest BCUT2D eigenvalue weighted by Crippen LogP contribution is -2.32. The quantitative estimate of drug-likeness (QED) is 0.313. The molecule has 0 saturated carbocycles. The number of carbonyl (C=O) groups is 1. The number of aromatic nitrogens is 3. The van der Waals surface area contributed by atoms with Gasteiger partial charge < -0.3 is 25.8 Å². The van der Waals surface area contributed by atoms with Crippen LogP contribution in [0.25, 0.3) is 22.5 Å². The summed E-state index contributed by atoms with van der Waals surface area (Å²) < 4.78 is 53.2. The van der Waals surface area contributed by atoms with Gasteiger partial charge in [-0.05, 0) is 18.9 Å². The molecule has 0 aliphatic heterocycles. The third kappa shape index (κ3) is 5.86. The molecule has 0 aliphatic carbocycles. The van der Waals surface area contributed by atoms with E-state index in [1.807, 2.05) is 0 Å². The number of ether oxygens (including phenoxy) is 1. The van der Waals surface area contributed by atoms with Crippen molar-refractivity contribution < 1.29 is 32.3 Å². The summed E-state index contributed by atoms with van der Waals surface area (Å²) in [6, 6.07) is 15.0. The molecule has 37 heavy (non-hydrogen) atoms. The van der Waals surface area contributed by atoms with Crippen molar-refractivity contribution in [2.75, 3.05) is 5.73 Å². The first-order chi connectivity index (χ1) is 17.5. The number of carboxylic acids is 1. The molecule has 4 aromatic rings. The van der Waals surface area contributed by atoms with Gasteiger partial charge in [-0.1, -0.05) is 59.8 Å². The van der Waals surface area contributed by atoms with Crippen LogP contribution in [0.2, 0.25) is 0 Å². The Bertz CT molecular complexity index is 1390. The summed E-state index contributed by atoms with van der Waals surface area (Å²) in [6.07, 6.45) is -7.19. The highest BCUT2D eigenvalue weighted by atomic mass is 19.4. The van der Waals surface area contributed by atoms with Crippen LogP contribution in [0.4, 0.5) is 19.1 Å². The number of alkyl halides is 3. The summed E-state index contributed by atoms with van der Waals surface area (Å²) in [4.78, 5) is 18.9. The molecule has 4 rings (SSSR count). The second-order valence-electron chi connectivity index (χ2n) is 8.20. The molecule has 9 nitrogen and oxygen atoms in total. The Morgan fingerprint density at radius 2 is 1.76 bits per heavy atom. The Morgan fingerprint density at radius 1 is 1.08 bits per heavy atom. The summed E-state index contributed by atoms with van der Waals surface area (Å²) >= 11 is 0. The first-order valence-electron chi connectivity index (χ1n) is 11.0. The number of benzene rings is 2. The largest absolute Gasteiger partial charge is 0.480 e. The van der Waals surface area contributed by atoms with Gasteiger partial charge in [0.2, 0.25) is 17.9 Å². The molecule has 0 saturated heterocycles. The Balaban J connectivity index is 1.67. The van der Waals surface area contributed by atoms with E-state index in [1.165, 1.54) is 13.0 Å². The van der Waals surface area contributed by atoms with Crippen molar-refractivity contribution in [3.63, 3.8) is 0 Å². The maximum Gasteiger partial charge on any atom is 0.430 e. The van der Waals surface area contributed by atoms with Crippen molar-refractivity contribution in [2.24, 2.45) is 5.73 Å². The van der Waals surface area contributed by atoms with Gasteiger partial charge in [-0.25, -0.2) is 4.98 Å². The number of carboxylic acid groups (broad SMARTS) is 1. The number of nitrogen functional groups attached to an aromatic ring is 1. The summed E-state index contributed by atoms with van der Waals surface area (Å²) in [6.45, 7) is 1.37.